The van der Waals surface area contributed by atoms with Gasteiger partial charge in [-0.2, -0.15) is 11.8 Å². The van der Waals surface area contributed by atoms with Gasteiger partial charge in [0, 0.05) is 19.5 Å². The van der Waals surface area contributed by atoms with Crippen LogP contribution in [0.1, 0.15) is 19.3 Å². The van der Waals surface area contributed by atoms with Crippen LogP contribution in [0.25, 0.3) is 0 Å². The molecule has 2 N–H and O–H groups in total. The number of amides is 2. The van der Waals surface area contributed by atoms with Gasteiger partial charge in [-0.1, -0.05) is 0 Å². The Bertz CT molecular complexity index is 347. The first-order valence-electron chi connectivity index (χ1n) is 7.01. The third kappa shape index (κ3) is 7.33. The van der Waals surface area contributed by atoms with Crippen LogP contribution in [0.5, 0.6) is 0 Å². The molecule has 0 saturated carbocycles. The van der Waals surface area contributed by atoms with Crippen LogP contribution >= 0.6 is 11.8 Å². The predicted molar refractivity (Wildman–Crippen MR) is 79.2 cm³/mol. The van der Waals surface area contributed by atoms with Gasteiger partial charge in [0.05, 0.1) is 13.2 Å². The molecule has 0 aromatic carbocycles. The molecule has 7 nitrogen and oxygen atoms in total. The molecule has 1 atom stereocenters. The molecule has 0 aromatic heterocycles. The first-order chi connectivity index (χ1) is 10.1. The fourth-order valence-corrected chi connectivity index (χ4v) is 2.91. The molecular formula is C13H22N2O5S. The Labute approximate surface area is 128 Å². The maximum absolute atomic E-state index is 11.8. The van der Waals surface area contributed by atoms with Gasteiger partial charge in [-0.05, 0) is 24.3 Å². The van der Waals surface area contributed by atoms with E-state index in [9.17, 15) is 14.4 Å². The number of thioether (sulfide) groups is 1. The van der Waals surface area contributed by atoms with E-state index in [4.69, 9.17) is 9.84 Å². The molecule has 1 unspecified atom stereocenters. The summed E-state index contributed by atoms with van der Waals surface area (Å²) in [5.41, 5.74) is 0. The standard InChI is InChI=1S/C13H22N2O5S/c16-10-14-11(13(18)19)3-9-21-8-1-2-12(17)15-4-6-20-7-5-15/h10-11H,1-9H2,(H,14,16)(H,18,19). The second kappa shape index (κ2) is 10.4. The Morgan fingerprint density at radius 3 is 2.67 bits per heavy atom. The number of hydrogen-bond acceptors (Lipinski definition) is 5. The zero-order chi connectivity index (χ0) is 15.5. The molecule has 1 aliphatic heterocycles. The quantitative estimate of drug-likeness (QED) is 0.433. The van der Waals surface area contributed by atoms with Crippen LogP contribution in [0.15, 0.2) is 0 Å². The minimum absolute atomic E-state index is 0.157. The van der Waals surface area contributed by atoms with Gasteiger partial charge in [-0.25, -0.2) is 4.79 Å². The highest BCUT2D eigenvalue weighted by molar-refractivity contribution is 7.99. The largest absolute Gasteiger partial charge is 0.480 e. The first kappa shape index (κ1) is 17.8. The van der Waals surface area contributed by atoms with Gasteiger partial charge >= 0.3 is 5.97 Å². The number of morpholine rings is 1. The zero-order valence-electron chi connectivity index (χ0n) is 12.0. The summed E-state index contributed by atoms with van der Waals surface area (Å²) < 4.78 is 5.19. The number of aliphatic carboxylic acids is 1. The zero-order valence-corrected chi connectivity index (χ0v) is 12.8. The van der Waals surface area contributed by atoms with E-state index in [1.165, 1.54) is 0 Å². The molecule has 21 heavy (non-hydrogen) atoms. The van der Waals surface area contributed by atoms with Crippen molar-refractivity contribution in [2.45, 2.75) is 25.3 Å². The topological polar surface area (TPSA) is 95.9 Å². The lowest BCUT2D eigenvalue weighted by molar-refractivity contribution is -0.140. The Hall–Kier alpha value is -1.28. The molecule has 1 heterocycles. The Kier molecular flexibility index (Phi) is 8.84. The normalized spacial score (nSPS) is 16.3. The molecule has 1 saturated heterocycles. The predicted octanol–water partition coefficient (Wildman–Crippen LogP) is -0.0521. The van der Waals surface area contributed by atoms with Crippen molar-refractivity contribution in [2.24, 2.45) is 0 Å². The Morgan fingerprint density at radius 2 is 2.05 bits per heavy atom. The first-order valence-corrected chi connectivity index (χ1v) is 8.16. The SMILES string of the molecule is O=CNC(CCSCCCC(=O)N1CCOCC1)C(=O)O. The van der Waals surface area contributed by atoms with Gasteiger partial charge in [0.2, 0.25) is 12.3 Å². The van der Waals surface area contributed by atoms with Crippen LogP contribution in [0.2, 0.25) is 0 Å². The van der Waals surface area contributed by atoms with Gasteiger partial charge in [0.25, 0.3) is 0 Å². The minimum Gasteiger partial charge on any atom is -0.480 e. The van der Waals surface area contributed by atoms with Crippen molar-refractivity contribution in [1.82, 2.24) is 10.2 Å². The second-order valence-electron chi connectivity index (χ2n) is 4.67. The van der Waals surface area contributed by atoms with Crippen LogP contribution in [-0.2, 0) is 19.1 Å². The van der Waals surface area contributed by atoms with E-state index >= 15 is 0 Å². The fourth-order valence-electron chi connectivity index (χ4n) is 1.96. The van der Waals surface area contributed by atoms with E-state index in [1.807, 2.05) is 4.90 Å². The lowest BCUT2D eigenvalue weighted by Crippen LogP contribution is -2.40. The average Bonchev–Trinajstić information content (AvgIpc) is 2.50. The maximum atomic E-state index is 11.8. The number of hydrogen-bond donors (Lipinski definition) is 2. The third-order valence-corrected chi connectivity index (χ3v) is 4.26. The highest BCUT2D eigenvalue weighted by Gasteiger charge is 2.17. The van der Waals surface area contributed by atoms with Crippen LogP contribution in [0.4, 0.5) is 0 Å². The summed E-state index contributed by atoms with van der Waals surface area (Å²) in [5, 5.41) is 11.1. The number of carbonyl (C=O) groups is 3. The highest BCUT2D eigenvalue weighted by Crippen LogP contribution is 2.10. The molecule has 1 aliphatic rings. The molecule has 0 aromatic rings. The number of nitrogens with one attached hydrogen (secondary N) is 1. The second-order valence-corrected chi connectivity index (χ2v) is 5.90. The monoisotopic (exact) mass is 318 g/mol. The molecular weight excluding hydrogens is 296 g/mol. The molecule has 8 heteroatoms. The summed E-state index contributed by atoms with van der Waals surface area (Å²) in [6.45, 7) is 2.56. The van der Waals surface area contributed by atoms with Crippen molar-refractivity contribution in [3.05, 3.63) is 0 Å². The Balaban J connectivity index is 2.04. The van der Waals surface area contributed by atoms with Crippen molar-refractivity contribution >= 4 is 30.0 Å². The van der Waals surface area contributed by atoms with E-state index in [0.717, 1.165) is 12.2 Å². The van der Waals surface area contributed by atoms with E-state index in [2.05, 4.69) is 5.32 Å². The average molecular weight is 318 g/mol. The number of ether oxygens (including phenoxy) is 1. The summed E-state index contributed by atoms with van der Waals surface area (Å²) in [5.74, 6) is 0.586. The smallest absolute Gasteiger partial charge is 0.326 e. The number of carboxylic acid groups (broad SMARTS) is 1. The summed E-state index contributed by atoms with van der Waals surface area (Å²) in [7, 11) is 0. The molecule has 0 aliphatic carbocycles. The van der Waals surface area contributed by atoms with Gasteiger partial charge in [-0.3, -0.25) is 9.59 Å². The summed E-state index contributed by atoms with van der Waals surface area (Å²) in [6, 6.07) is -0.829. The van der Waals surface area contributed by atoms with Gasteiger partial charge < -0.3 is 20.1 Å². The molecule has 1 fully saturated rings. The van der Waals surface area contributed by atoms with Gasteiger partial charge in [-0.15, -0.1) is 0 Å². The molecule has 0 bridgehead atoms. The summed E-state index contributed by atoms with van der Waals surface area (Å²) in [6.07, 6.45) is 2.09. The lowest BCUT2D eigenvalue weighted by atomic mass is 10.2. The van der Waals surface area contributed by atoms with Gasteiger partial charge in [0.1, 0.15) is 6.04 Å². The maximum Gasteiger partial charge on any atom is 0.326 e. The van der Waals surface area contributed by atoms with Crippen molar-refractivity contribution in [2.75, 3.05) is 37.8 Å². The highest BCUT2D eigenvalue weighted by atomic mass is 32.2. The summed E-state index contributed by atoms with van der Waals surface area (Å²) in [4.78, 5) is 34.7. The van der Waals surface area contributed by atoms with Gasteiger partial charge in [0.15, 0.2) is 0 Å². The number of rotatable bonds is 10. The molecule has 120 valence electrons. The van der Waals surface area contributed by atoms with Crippen molar-refractivity contribution < 1.29 is 24.2 Å². The number of carboxylic acids is 1. The van der Waals surface area contributed by atoms with Crippen LogP contribution in [-0.4, -0.2) is 72.1 Å². The van der Waals surface area contributed by atoms with Crippen LogP contribution in [0, 0.1) is 0 Å². The Morgan fingerprint density at radius 1 is 1.33 bits per heavy atom. The van der Waals surface area contributed by atoms with Crippen molar-refractivity contribution in [1.29, 1.82) is 0 Å². The van der Waals surface area contributed by atoms with E-state index < -0.39 is 12.0 Å². The van der Waals surface area contributed by atoms with Crippen molar-refractivity contribution in [3.63, 3.8) is 0 Å². The fraction of sp³-hybridized carbons (Fsp3) is 0.769. The summed E-state index contributed by atoms with van der Waals surface area (Å²) >= 11 is 1.60. The number of nitrogens with zero attached hydrogens (tertiary/aromatic N) is 1. The molecule has 2 amide bonds. The van der Waals surface area contributed by atoms with E-state index in [-0.39, 0.29) is 5.91 Å². The molecule has 1 rings (SSSR count). The number of carbonyl (C=O) groups excluding carboxylic acids is 2. The van der Waals surface area contributed by atoms with Crippen LogP contribution < -0.4 is 5.32 Å². The lowest BCUT2D eigenvalue weighted by Gasteiger charge is -2.26. The van der Waals surface area contributed by atoms with E-state index in [0.29, 0.717) is 51.3 Å². The minimum atomic E-state index is -1.02. The third-order valence-electron chi connectivity index (χ3n) is 3.16. The van der Waals surface area contributed by atoms with Crippen molar-refractivity contribution in [3.8, 4) is 0 Å². The molecule has 0 spiro atoms. The van der Waals surface area contributed by atoms with Crippen LogP contribution in [0.3, 0.4) is 0 Å². The van der Waals surface area contributed by atoms with E-state index in [1.54, 1.807) is 11.8 Å². The molecule has 0 radical (unpaired) electrons.